The van der Waals surface area contributed by atoms with Gasteiger partial charge in [-0.05, 0) is 30.7 Å². The van der Waals surface area contributed by atoms with Crippen molar-refractivity contribution in [3.63, 3.8) is 0 Å². The first-order valence-electron chi connectivity index (χ1n) is 5.19. The highest BCUT2D eigenvalue weighted by Gasteiger charge is 2.19. The standard InChI is InChI=1S/C10H12N4S/c1-4-9-10(11-5-1)14(13-12-9)8-3-2-6-15-7-8/h1,4-5,8H,2-3,6-7H2. The third-order valence-corrected chi connectivity index (χ3v) is 3.91. The van der Waals surface area contributed by atoms with Crippen molar-refractivity contribution in [2.24, 2.45) is 0 Å². The molecule has 0 aromatic carbocycles. The van der Waals surface area contributed by atoms with E-state index >= 15 is 0 Å². The minimum absolute atomic E-state index is 0.476. The van der Waals surface area contributed by atoms with Gasteiger partial charge in [0.25, 0.3) is 0 Å². The largest absolute Gasteiger partial charge is 0.235 e. The van der Waals surface area contributed by atoms with Crippen LogP contribution in [-0.4, -0.2) is 31.5 Å². The molecule has 1 aliphatic heterocycles. The fourth-order valence-corrected chi connectivity index (χ4v) is 3.06. The molecular weight excluding hydrogens is 208 g/mol. The lowest BCUT2D eigenvalue weighted by Crippen LogP contribution is -2.17. The summed E-state index contributed by atoms with van der Waals surface area (Å²) in [4.78, 5) is 4.35. The van der Waals surface area contributed by atoms with E-state index in [1.165, 1.54) is 18.6 Å². The predicted molar refractivity (Wildman–Crippen MR) is 60.9 cm³/mol. The molecule has 4 nitrogen and oxygen atoms in total. The van der Waals surface area contributed by atoms with Gasteiger partial charge in [0, 0.05) is 11.9 Å². The lowest BCUT2D eigenvalue weighted by atomic mass is 10.2. The Bertz CT molecular complexity index is 461. The van der Waals surface area contributed by atoms with Crippen LogP contribution >= 0.6 is 11.8 Å². The highest BCUT2D eigenvalue weighted by molar-refractivity contribution is 7.99. The number of rotatable bonds is 1. The summed E-state index contributed by atoms with van der Waals surface area (Å²) < 4.78 is 1.99. The lowest BCUT2D eigenvalue weighted by molar-refractivity contribution is 0.453. The number of aromatic nitrogens is 4. The Labute approximate surface area is 92.1 Å². The van der Waals surface area contributed by atoms with E-state index in [0.29, 0.717) is 6.04 Å². The van der Waals surface area contributed by atoms with Crippen LogP contribution in [0.15, 0.2) is 18.3 Å². The molecule has 0 aliphatic carbocycles. The van der Waals surface area contributed by atoms with Crippen LogP contribution in [0.4, 0.5) is 0 Å². The van der Waals surface area contributed by atoms with Gasteiger partial charge >= 0.3 is 0 Å². The first-order chi connectivity index (χ1) is 7.45. The van der Waals surface area contributed by atoms with E-state index < -0.39 is 0 Å². The quantitative estimate of drug-likeness (QED) is 0.736. The molecule has 1 unspecified atom stereocenters. The molecule has 1 atom stereocenters. The maximum absolute atomic E-state index is 4.35. The number of nitrogens with zero attached hydrogens (tertiary/aromatic N) is 4. The van der Waals surface area contributed by atoms with E-state index in [1.54, 1.807) is 6.20 Å². The van der Waals surface area contributed by atoms with Crippen LogP contribution < -0.4 is 0 Å². The Kier molecular flexibility index (Phi) is 2.32. The van der Waals surface area contributed by atoms with Gasteiger partial charge in [-0.3, -0.25) is 0 Å². The number of thioether (sulfide) groups is 1. The Morgan fingerprint density at radius 2 is 2.47 bits per heavy atom. The van der Waals surface area contributed by atoms with Crippen LogP contribution in [0.3, 0.4) is 0 Å². The van der Waals surface area contributed by atoms with Crippen LogP contribution in [0.1, 0.15) is 18.9 Å². The van der Waals surface area contributed by atoms with Crippen molar-refractivity contribution in [1.29, 1.82) is 0 Å². The second-order valence-corrected chi connectivity index (χ2v) is 4.90. The highest BCUT2D eigenvalue weighted by atomic mass is 32.2. The van der Waals surface area contributed by atoms with Crippen molar-refractivity contribution in [3.8, 4) is 0 Å². The maximum atomic E-state index is 4.35. The predicted octanol–water partition coefficient (Wildman–Crippen LogP) is 1.89. The molecule has 1 fully saturated rings. The summed E-state index contributed by atoms with van der Waals surface area (Å²) in [6.07, 6.45) is 4.27. The van der Waals surface area contributed by atoms with Crippen LogP contribution in [0, 0.1) is 0 Å². The average Bonchev–Trinajstić information content (AvgIpc) is 2.74. The second kappa shape index (κ2) is 3.81. The molecule has 1 aliphatic rings. The van der Waals surface area contributed by atoms with Gasteiger partial charge in [-0.1, -0.05) is 5.21 Å². The number of hydrogen-bond acceptors (Lipinski definition) is 4. The summed E-state index contributed by atoms with van der Waals surface area (Å²) in [6.45, 7) is 0. The molecule has 0 spiro atoms. The first-order valence-corrected chi connectivity index (χ1v) is 6.34. The number of pyridine rings is 1. The molecule has 0 saturated carbocycles. The fraction of sp³-hybridized carbons (Fsp3) is 0.500. The maximum Gasteiger partial charge on any atom is 0.178 e. The molecule has 5 heteroatoms. The van der Waals surface area contributed by atoms with Crippen LogP contribution in [0.25, 0.3) is 11.2 Å². The summed E-state index contributed by atoms with van der Waals surface area (Å²) >= 11 is 1.99. The summed E-state index contributed by atoms with van der Waals surface area (Å²) in [5.41, 5.74) is 1.82. The van der Waals surface area contributed by atoms with Crippen molar-refractivity contribution < 1.29 is 0 Å². The van der Waals surface area contributed by atoms with Gasteiger partial charge < -0.3 is 0 Å². The van der Waals surface area contributed by atoms with Crippen LogP contribution in [0.2, 0.25) is 0 Å². The van der Waals surface area contributed by atoms with E-state index in [9.17, 15) is 0 Å². The smallest absolute Gasteiger partial charge is 0.178 e. The molecule has 0 amide bonds. The third kappa shape index (κ3) is 1.61. The summed E-state index contributed by atoms with van der Waals surface area (Å²) in [6, 6.07) is 4.34. The van der Waals surface area contributed by atoms with Gasteiger partial charge in [-0.2, -0.15) is 11.8 Å². The van der Waals surface area contributed by atoms with Crippen LogP contribution in [-0.2, 0) is 0 Å². The molecule has 15 heavy (non-hydrogen) atoms. The number of fused-ring (bicyclic) bond motifs is 1. The molecule has 0 radical (unpaired) electrons. The Morgan fingerprint density at radius 1 is 1.47 bits per heavy atom. The zero-order valence-electron chi connectivity index (χ0n) is 8.33. The van der Waals surface area contributed by atoms with Crippen molar-refractivity contribution in [2.75, 3.05) is 11.5 Å². The average molecular weight is 220 g/mol. The van der Waals surface area contributed by atoms with Gasteiger partial charge in [-0.25, -0.2) is 9.67 Å². The molecule has 78 valence electrons. The summed E-state index contributed by atoms with van der Waals surface area (Å²) in [5.74, 6) is 2.41. The SMILES string of the molecule is c1cnc2c(c1)nnn2C1CCCSC1. The van der Waals surface area contributed by atoms with E-state index in [1.807, 2.05) is 28.6 Å². The molecule has 3 heterocycles. The minimum atomic E-state index is 0.476. The summed E-state index contributed by atoms with van der Waals surface area (Å²) in [7, 11) is 0. The van der Waals surface area contributed by atoms with Gasteiger partial charge in [0.05, 0.1) is 6.04 Å². The molecule has 2 aromatic heterocycles. The second-order valence-electron chi connectivity index (χ2n) is 3.75. The van der Waals surface area contributed by atoms with Crippen molar-refractivity contribution in [1.82, 2.24) is 20.0 Å². The Morgan fingerprint density at radius 3 is 3.33 bits per heavy atom. The molecule has 1 saturated heterocycles. The first kappa shape index (κ1) is 9.15. The molecule has 3 rings (SSSR count). The van der Waals surface area contributed by atoms with E-state index in [2.05, 4.69) is 15.3 Å². The van der Waals surface area contributed by atoms with Crippen molar-refractivity contribution in [3.05, 3.63) is 18.3 Å². The third-order valence-electron chi connectivity index (χ3n) is 2.71. The minimum Gasteiger partial charge on any atom is -0.235 e. The molecule has 0 bridgehead atoms. The normalized spacial score (nSPS) is 22.0. The van der Waals surface area contributed by atoms with Gasteiger partial charge in [0.2, 0.25) is 0 Å². The Balaban J connectivity index is 2.02. The zero-order valence-corrected chi connectivity index (χ0v) is 9.15. The van der Waals surface area contributed by atoms with E-state index in [0.717, 1.165) is 16.9 Å². The topological polar surface area (TPSA) is 43.6 Å². The lowest BCUT2D eigenvalue weighted by Gasteiger charge is -2.21. The van der Waals surface area contributed by atoms with Gasteiger partial charge in [-0.15, -0.1) is 5.10 Å². The zero-order chi connectivity index (χ0) is 10.1. The van der Waals surface area contributed by atoms with Gasteiger partial charge in [0.15, 0.2) is 5.65 Å². The Hall–Kier alpha value is -1.10. The molecule has 2 aromatic rings. The van der Waals surface area contributed by atoms with E-state index in [4.69, 9.17) is 0 Å². The molecular formula is C10H12N4S. The van der Waals surface area contributed by atoms with Crippen LogP contribution in [0.5, 0.6) is 0 Å². The summed E-state index contributed by atoms with van der Waals surface area (Å²) in [5, 5.41) is 8.34. The highest BCUT2D eigenvalue weighted by Crippen LogP contribution is 2.27. The van der Waals surface area contributed by atoms with Gasteiger partial charge in [0.1, 0.15) is 5.52 Å². The fourth-order valence-electron chi connectivity index (χ4n) is 1.94. The monoisotopic (exact) mass is 220 g/mol. The number of hydrogen-bond donors (Lipinski definition) is 0. The van der Waals surface area contributed by atoms with E-state index in [-0.39, 0.29) is 0 Å². The van der Waals surface area contributed by atoms with Crippen molar-refractivity contribution >= 4 is 22.9 Å². The van der Waals surface area contributed by atoms with Crippen molar-refractivity contribution in [2.45, 2.75) is 18.9 Å². The molecule has 0 N–H and O–H groups in total.